The summed E-state index contributed by atoms with van der Waals surface area (Å²) in [4.78, 5) is 10.9. The number of carboxylic acid groups (broad SMARTS) is 1. The summed E-state index contributed by atoms with van der Waals surface area (Å²) in [6.07, 6.45) is 1.45. The predicted octanol–water partition coefficient (Wildman–Crippen LogP) is 2.73. The Hall–Kier alpha value is -1.36. The zero-order valence-electron chi connectivity index (χ0n) is 12.5. The van der Waals surface area contributed by atoms with Gasteiger partial charge in [0.25, 0.3) is 0 Å². The van der Waals surface area contributed by atoms with E-state index in [9.17, 15) is 13.2 Å². The fourth-order valence-electron chi connectivity index (χ4n) is 2.91. The normalized spacial score (nSPS) is 19.3. The van der Waals surface area contributed by atoms with E-state index in [0.29, 0.717) is 18.8 Å². The zero-order valence-corrected chi connectivity index (χ0v) is 13.3. The Morgan fingerprint density at radius 2 is 1.71 bits per heavy atom. The number of sulfone groups is 1. The van der Waals surface area contributed by atoms with E-state index >= 15 is 0 Å². The number of hydrogen-bond donors (Lipinski definition) is 1. The van der Waals surface area contributed by atoms with Gasteiger partial charge in [0.15, 0.2) is 0 Å². The molecule has 1 aliphatic heterocycles. The molecule has 0 amide bonds. The van der Waals surface area contributed by atoms with Gasteiger partial charge in [-0.1, -0.05) is 38.1 Å². The summed E-state index contributed by atoms with van der Waals surface area (Å²) >= 11 is 0. The van der Waals surface area contributed by atoms with Gasteiger partial charge in [-0.15, -0.1) is 0 Å². The van der Waals surface area contributed by atoms with Crippen molar-refractivity contribution >= 4 is 15.8 Å². The van der Waals surface area contributed by atoms with Crippen molar-refractivity contribution in [3.05, 3.63) is 35.4 Å². The maximum Gasteiger partial charge on any atom is 0.304 e. The molecule has 1 heterocycles. The second-order valence-corrected chi connectivity index (χ2v) is 8.81. The first-order valence-corrected chi connectivity index (χ1v) is 9.04. The van der Waals surface area contributed by atoms with Crippen LogP contribution in [0.2, 0.25) is 0 Å². The van der Waals surface area contributed by atoms with Crippen LogP contribution in [-0.4, -0.2) is 31.0 Å². The quantitative estimate of drug-likeness (QED) is 0.928. The molecule has 0 unspecified atom stereocenters. The Morgan fingerprint density at radius 1 is 1.19 bits per heavy atom. The lowest BCUT2D eigenvalue weighted by molar-refractivity contribution is -0.138. The zero-order chi connectivity index (χ0) is 15.7. The van der Waals surface area contributed by atoms with E-state index in [1.807, 2.05) is 38.1 Å². The van der Waals surface area contributed by atoms with Gasteiger partial charge < -0.3 is 5.11 Å². The first kappa shape index (κ1) is 16.0. The molecular weight excluding hydrogens is 288 g/mol. The molecule has 0 aromatic heterocycles. The second-order valence-electron chi connectivity index (χ2n) is 6.50. The summed E-state index contributed by atoms with van der Waals surface area (Å²) in [5.74, 6) is 0.0279. The summed E-state index contributed by atoms with van der Waals surface area (Å²) in [6, 6.07) is 7.98. The molecule has 21 heavy (non-hydrogen) atoms. The van der Waals surface area contributed by atoms with Gasteiger partial charge in [0.1, 0.15) is 9.84 Å². The van der Waals surface area contributed by atoms with Crippen LogP contribution in [0.4, 0.5) is 0 Å². The van der Waals surface area contributed by atoms with E-state index < -0.39 is 21.2 Å². The highest BCUT2D eigenvalue weighted by atomic mass is 32.2. The summed E-state index contributed by atoms with van der Waals surface area (Å²) in [5.41, 5.74) is 1.75. The Labute approximate surface area is 126 Å². The van der Waals surface area contributed by atoms with Crippen molar-refractivity contribution in [3.63, 3.8) is 0 Å². The van der Waals surface area contributed by atoms with Gasteiger partial charge in [-0.25, -0.2) is 8.42 Å². The van der Waals surface area contributed by atoms with Crippen LogP contribution in [0.25, 0.3) is 0 Å². The van der Waals surface area contributed by atoms with E-state index in [1.54, 1.807) is 0 Å². The molecule has 1 aliphatic rings. The third kappa shape index (κ3) is 4.06. The fraction of sp³-hybridized carbons (Fsp3) is 0.562. The molecule has 0 aliphatic carbocycles. The van der Waals surface area contributed by atoms with Crippen LogP contribution >= 0.6 is 0 Å². The van der Waals surface area contributed by atoms with Crippen molar-refractivity contribution in [2.24, 2.45) is 0 Å². The van der Waals surface area contributed by atoms with Gasteiger partial charge in [-0.3, -0.25) is 4.79 Å². The van der Waals surface area contributed by atoms with Gasteiger partial charge in [0.05, 0.1) is 17.9 Å². The maximum absolute atomic E-state index is 11.5. The number of carbonyl (C=O) groups is 1. The largest absolute Gasteiger partial charge is 0.481 e. The van der Waals surface area contributed by atoms with Gasteiger partial charge in [0, 0.05) is 5.41 Å². The summed E-state index contributed by atoms with van der Waals surface area (Å²) in [5, 5.41) is 8.96. The van der Waals surface area contributed by atoms with Crippen molar-refractivity contribution < 1.29 is 18.3 Å². The molecule has 0 bridgehead atoms. The van der Waals surface area contributed by atoms with Crippen LogP contribution in [0, 0.1) is 0 Å². The van der Waals surface area contributed by atoms with Crippen LogP contribution in [0.5, 0.6) is 0 Å². The lowest BCUT2D eigenvalue weighted by Crippen LogP contribution is -2.23. The van der Waals surface area contributed by atoms with Crippen LogP contribution in [0.3, 0.4) is 0 Å². The first-order chi connectivity index (χ1) is 9.70. The molecule has 0 atom stereocenters. The molecule has 0 radical (unpaired) electrons. The van der Waals surface area contributed by atoms with Crippen molar-refractivity contribution in [1.29, 1.82) is 0 Å². The minimum Gasteiger partial charge on any atom is -0.481 e. The number of carboxylic acids is 1. The van der Waals surface area contributed by atoms with Crippen molar-refractivity contribution in [2.75, 3.05) is 11.5 Å². The minimum atomic E-state index is -2.83. The van der Waals surface area contributed by atoms with Crippen LogP contribution in [0.1, 0.15) is 50.2 Å². The first-order valence-electron chi connectivity index (χ1n) is 7.22. The van der Waals surface area contributed by atoms with E-state index in [-0.39, 0.29) is 17.9 Å². The summed E-state index contributed by atoms with van der Waals surface area (Å²) in [7, 11) is -2.83. The summed E-state index contributed by atoms with van der Waals surface area (Å²) in [6.45, 7) is 3.84. The Kier molecular flexibility index (Phi) is 4.42. The van der Waals surface area contributed by atoms with Gasteiger partial charge >= 0.3 is 5.97 Å². The predicted molar refractivity (Wildman–Crippen MR) is 82.3 cm³/mol. The van der Waals surface area contributed by atoms with Crippen LogP contribution in [-0.2, 0) is 20.0 Å². The summed E-state index contributed by atoms with van der Waals surface area (Å²) < 4.78 is 22.9. The molecule has 1 aromatic carbocycles. The van der Waals surface area contributed by atoms with E-state index in [2.05, 4.69) is 0 Å². The van der Waals surface area contributed by atoms with Crippen molar-refractivity contribution in [2.45, 2.75) is 44.4 Å². The molecule has 0 saturated carbocycles. The number of rotatable bonds is 4. The molecular formula is C16H22O4S. The molecule has 5 heteroatoms. The highest BCUT2D eigenvalue weighted by Crippen LogP contribution is 2.32. The SMILES string of the molecule is CC(C)(CC(=O)O)c1ccc(C2CCS(=O)(=O)CC2)cc1. The van der Waals surface area contributed by atoms with Crippen molar-refractivity contribution in [3.8, 4) is 0 Å². The maximum atomic E-state index is 11.5. The Morgan fingerprint density at radius 3 is 2.19 bits per heavy atom. The van der Waals surface area contributed by atoms with Gasteiger partial charge in [0.2, 0.25) is 0 Å². The van der Waals surface area contributed by atoms with Crippen LogP contribution in [0.15, 0.2) is 24.3 Å². The molecule has 4 nitrogen and oxygen atoms in total. The monoisotopic (exact) mass is 310 g/mol. The molecule has 2 rings (SSSR count). The highest BCUT2D eigenvalue weighted by molar-refractivity contribution is 7.91. The highest BCUT2D eigenvalue weighted by Gasteiger charge is 2.26. The number of aliphatic carboxylic acids is 1. The molecule has 1 fully saturated rings. The molecule has 1 saturated heterocycles. The molecule has 0 spiro atoms. The molecule has 1 aromatic rings. The topological polar surface area (TPSA) is 71.4 Å². The average Bonchev–Trinajstić information content (AvgIpc) is 2.37. The Balaban J connectivity index is 2.11. The smallest absolute Gasteiger partial charge is 0.304 e. The lowest BCUT2D eigenvalue weighted by atomic mass is 9.80. The van der Waals surface area contributed by atoms with E-state index in [0.717, 1.165) is 11.1 Å². The minimum absolute atomic E-state index is 0.0913. The van der Waals surface area contributed by atoms with E-state index in [1.165, 1.54) is 0 Å². The Bertz CT molecular complexity index is 600. The second kappa shape index (κ2) is 5.79. The van der Waals surface area contributed by atoms with Crippen LogP contribution < -0.4 is 0 Å². The third-order valence-electron chi connectivity index (χ3n) is 4.31. The van der Waals surface area contributed by atoms with Gasteiger partial charge in [-0.2, -0.15) is 0 Å². The standard InChI is InChI=1S/C16H22O4S/c1-16(2,11-15(17)18)14-5-3-12(4-6-14)13-7-9-21(19,20)10-8-13/h3-6,13H,7-11H2,1-2H3,(H,17,18). The molecule has 116 valence electrons. The number of hydrogen-bond acceptors (Lipinski definition) is 3. The lowest BCUT2D eigenvalue weighted by Gasteiger charge is -2.25. The van der Waals surface area contributed by atoms with Gasteiger partial charge in [-0.05, 0) is 29.9 Å². The average molecular weight is 310 g/mol. The van der Waals surface area contributed by atoms with Crippen molar-refractivity contribution in [1.82, 2.24) is 0 Å². The molecule has 1 N–H and O–H groups in total. The van der Waals surface area contributed by atoms with E-state index in [4.69, 9.17) is 5.11 Å². The fourth-order valence-corrected chi connectivity index (χ4v) is 4.40. The third-order valence-corrected chi connectivity index (χ3v) is 6.03. The number of benzene rings is 1.